The minimum atomic E-state index is -5.07. The van der Waals surface area contributed by atoms with E-state index in [0.29, 0.717) is 43.9 Å². The van der Waals surface area contributed by atoms with Crippen LogP contribution in [0.15, 0.2) is 65.8 Å². The highest BCUT2D eigenvalue weighted by Crippen LogP contribution is 2.51. The summed E-state index contributed by atoms with van der Waals surface area (Å²) in [5.41, 5.74) is -2.04. The van der Waals surface area contributed by atoms with Gasteiger partial charge in [0.1, 0.15) is 5.82 Å². The number of carboxylic acid groups (broad SMARTS) is 1. The zero-order valence-corrected chi connectivity index (χ0v) is 20.6. The van der Waals surface area contributed by atoms with Crippen LogP contribution in [0.2, 0.25) is 0 Å². The quantitative estimate of drug-likeness (QED) is 0.497. The second-order valence-corrected chi connectivity index (χ2v) is 10.6. The number of carbonyl (C=O) groups excluding carboxylic acids is 1. The topological polar surface area (TPSA) is 57.6 Å². The van der Waals surface area contributed by atoms with Crippen molar-refractivity contribution >= 4 is 11.9 Å². The third kappa shape index (κ3) is 4.31. The third-order valence-corrected chi connectivity index (χ3v) is 8.29. The number of fused-ring (bicyclic) bond motifs is 3. The Morgan fingerprint density at radius 3 is 2.45 bits per heavy atom. The predicted octanol–water partition coefficient (Wildman–Crippen LogP) is 5.80. The Bertz CT molecular complexity index is 1360. The zero-order valence-electron chi connectivity index (χ0n) is 20.6. The maximum absolute atomic E-state index is 14.8. The minimum Gasteiger partial charge on any atom is -0.478 e. The van der Waals surface area contributed by atoms with Crippen molar-refractivity contribution in [2.75, 3.05) is 13.1 Å². The second-order valence-electron chi connectivity index (χ2n) is 10.6. The average Bonchev–Trinajstić information content (AvgIpc) is 3.50. The van der Waals surface area contributed by atoms with Crippen LogP contribution in [0.25, 0.3) is 0 Å². The molecule has 1 amide bonds. The van der Waals surface area contributed by atoms with Crippen LogP contribution in [-0.4, -0.2) is 41.1 Å². The SMILES string of the molecule is CC(F)(c1ccc2c(c1)CCC1CN(C(=O)C3=CC(C(=O)O)=CC3)CC21Cc1ccc(F)cc1)C(F)(F)F. The van der Waals surface area contributed by atoms with Gasteiger partial charge in [0.15, 0.2) is 0 Å². The van der Waals surface area contributed by atoms with Gasteiger partial charge in [0.2, 0.25) is 11.6 Å². The van der Waals surface area contributed by atoms with Gasteiger partial charge in [-0.15, -0.1) is 0 Å². The van der Waals surface area contributed by atoms with Gasteiger partial charge in [-0.05, 0) is 79.0 Å². The van der Waals surface area contributed by atoms with E-state index < -0.39 is 34.6 Å². The first-order valence-corrected chi connectivity index (χ1v) is 12.4. The molecule has 2 aromatic carbocycles. The van der Waals surface area contributed by atoms with Gasteiger partial charge in [0.25, 0.3) is 0 Å². The maximum Gasteiger partial charge on any atom is 0.426 e. The molecule has 3 aliphatic rings. The molecule has 1 fully saturated rings. The van der Waals surface area contributed by atoms with E-state index in [9.17, 15) is 36.6 Å². The summed E-state index contributed by atoms with van der Waals surface area (Å²) in [6.45, 7) is 1.16. The second kappa shape index (κ2) is 9.06. The van der Waals surface area contributed by atoms with Crippen LogP contribution in [-0.2, 0) is 33.5 Å². The summed E-state index contributed by atoms with van der Waals surface area (Å²) in [6.07, 6.45) is -0.580. The highest BCUT2D eigenvalue weighted by Gasteiger charge is 2.55. The summed E-state index contributed by atoms with van der Waals surface area (Å²) in [5.74, 6) is -1.83. The Kier molecular flexibility index (Phi) is 6.23. The summed E-state index contributed by atoms with van der Waals surface area (Å²) in [5, 5.41) is 9.25. The number of likely N-dealkylation sites (tertiary alicyclic amines) is 1. The predicted molar refractivity (Wildman–Crippen MR) is 130 cm³/mol. The summed E-state index contributed by atoms with van der Waals surface area (Å²) in [6, 6.07) is 10.00. The molecule has 0 spiro atoms. The largest absolute Gasteiger partial charge is 0.478 e. The van der Waals surface area contributed by atoms with Crippen LogP contribution >= 0.6 is 0 Å². The Morgan fingerprint density at radius 2 is 1.82 bits per heavy atom. The lowest BCUT2D eigenvalue weighted by Crippen LogP contribution is -2.42. The lowest BCUT2D eigenvalue weighted by atomic mass is 9.62. The van der Waals surface area contributed by atoms with Crippen LogP contribution in [0, 0.1) is 11.7 Å². The number of aliphatic carboxylic acids is 1. The van der Waals surface area contributed by atoms with Crippen molar-refractivity contribution in [3.63, 3.8) is 0 Å². The standard InChI is InChI=1S/C29H26F5NO3/c1-27(31,29(32,33)34)21-8-11-24-18(13-21)6-7-22-15-35(25(36)19-4-5-20(12-19)26(37)38)16-28(22,24)14-17-2-9-23(30)10-3-17/h2-3,5,8-13,22H,4,6-7,14-16H2,1H3,(H,37,38). The van der Waals surface area contributed by atoms with E-state index in [2.05, 4.69) is 0 Å². The summed E-state index contributed by atoms with van der Waals surface area (Å²) in [4.78, 5) is 26.4. The Labute approximate surface area is 216 Å². The fraction of sp³-hybridized carbons (Fsp3) is 0.379. The highest BCUT2D eigenvalue weighted by molar-refractivity contribution is 6.00. The molecule has 1 heterocycles. The molecule has 0 aromatic heterocycles. The van der Waals surface area contributed by atoms with Crippen molar-refractivity contribution in [1.29, 1.82) is 0 Å². The summed E-state index contributed by atoms with van der Waals surface area (Å²) < 4.78 is 68.7. The van der Waals surface area contributed by atoms with Crippen LogP contribution in [0.1, 0.15) is 42.0 Å². The number of aryl methyl sites for hydroxylation is 1. The number of carbonyl (C=O) groups is 2. The molecule has 1 saturated heterocycles. The molecule has 9 heteroatoms. The molecular formula is C29H26F5NO3. The average molecular weight is 532 g/mol. The van der Waals surface area contributed by atoms with Gasteiger partial charge in [-0.3, -0.25) is 4.79 Å². The van der Waals surface area contributed by atoms with Crippen LogP contribution in [0.5, 0.6) is 0 Å². The molecular weight excluding hydrogens is 505 g/mol. The van der Waals surface area contributed by atoms with E-state index in [1.165, 1.54) is 36.4 Å². The molecule has 38 heavy (non-hydrogen) atoms. The molecule has 0 saturated carbocycles. The first-order valence-electron chi connectivity index (χ1n) is 12.4. The van der Waals surface area contributed by atoms with Gasteiger partial charge < -0.3 is 10.0 Å². The van der Waals surface area contributed by atoms with Crippen molar-refractivity contribution in [1.82, 2.24) is 4.90 Å². The van der Waals surface area contributed by atoms with E-state index >= 15 is 0 Å². The Balaban J connectivity index is 1.54. The lowest BCUT2D eigenvalue weighted by molar-refractivity contribution is -0.228. The Morgan fingerprint density at radius 1 is 1.11 bits per heavy atom. The van der Waals surface area contributed by atoms with E-state index in [-0.39, 0.29) is 30.4 Å². The van der Waals surface area contributed by atoms with Crippen LogP contribution < -0.4 is 0 Å². The van der Waals surface area contributed by atoms with Crippen molar-refractivity contribution < 1.29 is 36.6 Å². The smallest absolute Gasteiger partial charge is 0.426 e. The number of carboxylic acids is 1. The fourth-order valence-electron chi connectivity index (χ4n) is 6.16. The number of benzene rings is 2. The number of allylic oxidation sites excluding steroid dienone is 1. The molecule has 5 rings (SSSR count). The number of rotatable bonds is 5. The fourth-order valence-corrected chi connectivity index (χ4v) is 6.16. The van der Waals surface area contributed by atoms with Crippen LogP contribution in [0.3, 0.4) is 0 Å². The molecule has 3 unspecified atom stereocenters. The number of amides is 1. The summed E-state index contributed by atoms with van der Waals surface area (Å²) >= 11 is 0. The number of nitrogens with zero attached hydrogens (tertiary/aromatic N) is 1. The third-order valence-electron chi connectivity index (χ3n) is 8.29. The number of hydrogen-bond acceptors (Lipinski definition) is 2. The first-order chi connectivity index (χ1) is 17.8. The van der Waals surface area contributed by atoms with Gasteiger partial charge in [-0.2, -0.15) is 13.2 Å². The molecule has 0 radical (unpaired) electrons. The van der Waals surface area contributed by atoms with Crippen LogP contribution in [0.4, 0.5) is 22.0 Å². The lowest BCUT2D eigenvalue weighted by Gasteiger charge is -2.41. The van der Waals surface area contributed by atoms with Crippen molar-refractivity contribution in [3.05, 3.63) is 93.8 Å². The monoisotopic (exact) mass is 531 g/mol. The molecule has 1 aliphatic heterocycles. The number of hydrogen-bond donors (Lipinski definition) is 1. The first kappa shape index (κ1) is 26.1. The van der Waals surface area contributed by atoms with E-state index in [1.54, 1.807) is 23.1 Å². The van der Waals surface area contributed by atoms with Crippen molar-refractivity contribution in [2.45, 2.75) is 49.9 Å². The van der Waals surface area contributed by atoms with Crippen molar-refractivity contribution in [3.8, 4) is 0 Å². The number of alkyl halides is 4. The normalized spacial score (nSPS) is 24.3. The molecule has 3 atom stereocenters. The molecule has 4 nitrogen and oxygen atoms in total. The molecule has 2 aromatic rings. The molecule has 200 valence electrons. The van der Waals surface area contributed by atoms with Gasteiger partial charge in [0, 0.05) is 24.1 Å². The van der Waals surface area contributed by atoms with E-state index in [0.717, 1.165) is 11.1 Å². The highest BCUT2D eigenvalue weighted by atomic mass is 19.4. The number of halogens is 5. The summed E-state index contributed by atoms with van der Waals surface area (Å²) in [7, 11) is 0. The molecule has 2 aliphatic carbocycles. The molecule has 1 N–H and O–H groups in total. The van der Waals surface area contributed by atoms with Crippen molar-refractivity contribution in [2.24, 2.45) is 5.92 Å². The zero-order chi connectivity index (χ0) is 27.5. The maximum atomic E-state index is 14.8. The van der Waals surface area contributed by atoms with Gasteiger partial charge in [-0.1, -0.05) is 36.4 Å². The van der Waals surface area contributed by atoms with E-state index in [1.807, 2.05) is 0 Å². The molecule has 0 bridgehead atoms. The van der Waals surface area contributed by atoms with E-state index in [4.69, 9.17) is 0 Å². The van der Waals surface area contributed by atoms with Gasteiger partial charge in [-0.25, -0.2) is 13.6 Å². The van der Waals surface area contributed by atoms with Gasteiger partial charge >= 0.3 is 12.1 Å². The van der Waals surface area contributed by atoms with Gasteiger partial charge in [0.05, 0.1) is 5.57 Å². The minimum absolute atomic E-state index is 0.0388. The Hall–Kier alpha value is -3.49.